The van der Waals surface area contributed by atoms with Crippen LogP contribution in [0.1, 0.15) is 6.42 Å². The summed E-state index contributed by atoms with van der Waals surface area (Å²) in [5, 5.41) is 0. The maximum atomic E-state index is 10.4. The Labute approximate surface area is 83.2 Å². The molecule has 0 aromatic heterocycles. The van der Waals surface area contributed by atoms with Gasteiger partial charge in [-0.15, -0.1) is 0 Å². The maximum absolute atomic E-state index is 10.4. The van der Waals surface area contributed by atoms with Crippen LogP contribution in [0.5, 0.6) is 0 Å². The molecule has 1 aliphatic rings. The number of ether oxygens (including phenoxy) is 2. The normalized spacial score (nSPS) is 33.5. The van der Waals surface area contributed by atoms with Gasteiger partial charge in [0.25, 0.3) is 0 Å². The maximum Gasteiger partial charge on any atom is 0.469 e. The Hall–Kier alpha value is 0.0949. The first-order valence-electron chi connectivity index (χ1n) is 4.06. The van der Waals surface area contributed by atoms with Gasteiger partial charge in [-0.3, -0.25) is 4.52 Å². The van der Waals surface area contributed by atoms with E-state index in [0.29, 0.717) is 6.42 Å². The molecule has 14 heavy (non-hydrogen) atoms. The average Bonchev–Trinajstić information content (AvgIpc) is 2.41. The molecule has 1 heterocycles. The minimum absolute atomic E-state index is 0.226. The van der Waals surface area contributed by atoms with E-state index in [1.165, 1.54) is 7.11 Å². The fourth-order valence-electron chi connectivity index (χ4n) is 1.31. The topological polar surface area (TPSA) is 85.2 Å². The molecule has 3 atom stereocenters. The van der Waals surface area contributed by atoms with Crippen LogP contribution in [0.3, 0.4) is 0 Å². The second-order valence-corrected chi connectivity index (χ2v) is 4.25. The van der Waals surface area contributed by atoms with Gasteiger partial charge in [0.15, 0.2) is 0 Å². The van der Waals surface area contributed by atoms with Crippen molar-refractivity contribution in [3.05, 3.63) is 0 Å². The minimum atomic E-state index is -4.45. The molecule has 0 aromatic carbocycles. The zero-order valence-electron chi connectivity index (χ0n) is 7.70. The molecule has 1 rings (SSSR count). The third-order valence-electron chi connectivity index (χ3n) is 1.94. The van der Waals surface area contributed by atoms with Gasteiger partial charge in [0.05, 0.1) is 12.7 Å². The van der Waals surface area contributed by atoms with Gasteiger partial charge in [0.1, 0.15) is 14.0 Å². The Morgan fingerprint density at radius 1 is 1.64 bits per heavy atom. The molecular weight excluding hydrogens is 210 g/mol. The van der Waals surface area contributed by atoms with Crippen molar-refractivity contribution < 1.29 is 28.3 Å². The van der Waals surface area contributed by atoms with Gasteiger partial charge in [0.2, 0.25) is 0 Å². The highest BCUT2D eigenvalue weighted by molar-refractivity contribution is 7.46. The van der Waals surface area contributed by atoms with Crippen molar-refractivity contribution in [2.45, 2.75) is 24.6 Å². The number of rotatable bonds is 4. The molecule has 80 valence electrons. The molecule has 1 saturated heterocycles. The van der Waals surface area contributed by atoms with Crippen LogP contribution in [-0.2, 0) is 18.6 Å². The Morgan fingerprint density at radius 2 is 2.29 bits per heavy atom. The summed E-state index contributed by atoms with van der Waals surface area (Å²) in [6, 6.07) is -0.467. The quantitative estimate of drug-likeness (QED) is 0.487. The monoisotopic (exact) mass is 222 g/mol. The van der Waals surface area contributed by atoms with Crippen molar-refractivity contribution >= 4 is 15.7 Å². The van der Waals surface area contributed by atoms with Crippen LogP contribution >= 0.6 is 7.82 Å². The van der Waals surface area contributed by atoms with Gasteiger partial charge < -0.3 is 19.3 Å². The standard InChI is InChI=1S/C6H12BO6P/c1-11-4-2-6(7)13-5(4)3-12-14(8,9)10/h4-6H,2-3H2,1H3,(H2,8,9,10)/t4-,5-,6-/m1/s1. The zero-order chi connectivity index (χ0) is 10.8. The molecule has 0 spiro atoms. The molecule has 0 saturated carbocycles. The van der Waals surface area contributed by atoms with Crippen LogP contribution in [0.2, 0.25) is 0 Å². The Morgan fingerprint density at radius 3 is 2.79 bits per heavy atom. The highest BCUT2D eigenvalue weighted by atomic mass is 31.2. The van der Waals surface area contributed by atoms with Crippen molar-refractivity contribution in [2.75, 3.05) is 13.7 Å². The third kappa shape index (κ3) is 3.69. The molecule has 0 bridgehead atoms. The number of methoxy groups -OCH3 is 1. The summed E-state index contributed by atoms with van der Waals surface area (Å²) >= 11 is 0. The first-order chi connectivity index (χ1) is 6.42. The molecule has 1 fully saturated rings. The van der Waals surface area contributed by atoms with E-state index in [-0.39, 0.29) is 12.7 Å². The largest absolute Gasteiger partial charge is 0.469 e. The van der Waals surface area contributed by atoms with E-state index in [9.17, 15) is 4.57 Å². The van der Waals surface area contributed by atoms with Crippen LogP contribution in [0.25, 0.3) is 0 Å². The lowest BCUT2D eigenvalue weighted by Gasteiger charge is -2.17. The second kappa shape index (κ2) is 4.74. The fourth-order valence-corrected chi connectivity index (χ4v) is 1.65. The Kier molecular flexibility index (Phi) is 4.12. The lowest BCUT2D eigenvalue weighted by molar-refractivity contribution is -0.0201. The van der Waals surface area contributed by atoms with Crippen LogP contribution in [-0.4, -0.2) is 49.6 Å². The first-order valence-corrected chi connectivity index (χ1v) is 5.59. The van der Waals surface area contributed by atoms with E-state index < -0.39 is 19.9 Å². The summed E-state index contributed by atoms with van der Waals surface area (Å²) in [4.78, 5) is 16.9. The van der Waals surface area contributed by atoms with Gasteiger partial charge in [-0.25, -0.2) is 4.57 Å². The lowest BCUT2D eigenvalue weighted by atomic mass is 9.96. The molecule has 0 unspecified atom stereocenters. The molecule has 2 radical (unpaired) electrons. The van der Waals surface area contributed by atoms with Crippen molar-refractivity contribution in [3.63, 3.8) is 0 Å². The average molecular weight is 222 g/mol. The number of hydrogen-bond acceptors (Lipinski definition) is 4. The summed E-state index contributed by atoms with van der Waals surface area (Å²) in [5.41, 5.74) is 0. The molecular formula is C6H12BO6P. The highest BCUT2D eigenvalue weighted by Gasteiger charge is 2.34. The Balaban J connectivity index is 2.40. The summed E-state index contributed by atoms with van der Waals surface area (Å²) < 4.78 is 24.9. The van der Waals surface area contributed by atoms with Crippen LogP contribution < -0.4 is 0 Å². The number of hydrogen-bond donors (Lipinski definition) is 2. The highest BCUT2D eigenvalue weighted by Crippen LogP contribution is 2.37. The van der Waals surface area contributed by atoms with Crippen molar-refractivity contribution in [2.24, 2.45) is 0 Å². The van der Waals surface area contributed by atoms with Gasteiger partial charge in [-0.1, -0.05) is 0 Å². The van der Waals surface area contributed by atoms with E-state index in [4.69, 9.17) is 27.1 Å². The molecule has 6 nitrogen and oxygen atoms in total. The first kappa shape index (κ1) is 12.2. The van der Waals surface area contributed by atoms with Crippen molar-refractivity contribution in [1.82, 2.24) is 0 Å². The van der Waals surface area contributed by atoms with E-state index in [2.05, 4.69) is 4.52 Å². The molecule has 2 N–H and O–H groups in total. The summed E-state index contributed by atoms with van der Waals surface area (Å²) in [7, 11) is 2.51. The second-order valence-electron chi connectivity index (χ2n) is 3.01. The molecule has 1 aliphatic heterocycles. The van der Waals surface area contributed by atoms with Gasteiger partial charge in [0, 0.05) is 13.1 Å². The van der Waals surface area contributed by atoms with E-state index >= 15 is 0 Å². The minimum Gasteiger partial charge on any atom is -0.380 e. The van der Waals surface area contributed by atoms with Gasteiger partial charge in [-0.2, -0.15) is 0 Å². The van der Waals surface area contributed by atoms with E-state index in [1.807, 2.05) is 0 Å². The summed E-state index contributed by atoms with van der Waals surface area (Å²) in [6.45, 7) is -0.226. The van der Waals surface area contributed by atoms with Gasteiger partial charge >= 0.3 is 7.82 Å². The van der Waals surface area contributed by atoms with Crippen LogP contribution in [0.15, 0.2) is 0 Å². The molecule has 0 aliphatic carbocycles. The fraction of sp³-hybridized carbons (Fsp3) is 1.00. The predicted octanol–water partition coefficient (Wildman–Crippen LogP) is -0.606. The predicted molar refractivity (Wildman–Crippen MR) is 47.8 cm³/mol. The third-order valence-corrected chi connectivity index (χ3v) is 2.42. The van der Waals surface area contributed by atoms with Gasteiger partial charge in [-0.05, 0) is 6.42 Å². The molecule has 8 heteroatoms. The van der Waals surface area contributed by atoms with Crippen molar-refractivity contribution in [3.8, 4) is 0 Å². The SMILES string of the molecule is [B][C@H]1C[C@@H](OC)[C@@H](COP(=O)(O)O)O1. The molecule has 0 aromatic rings. The number of phosphoric ester groups is 1. The lowest BCUT2D eigenvalue weighted by Crippen LogP contribution is -2.27. The van der Waals surface area contributed by atoms with Crippen LogP contribution in [0.4, 0.5) is 0 Å². The summed E-state index contributed by atoms with van der Waals surface area (Å²) in [6.07, 6.45) is -0.315. The Bertz CT molecular complexity index is 230. The zero-order valence-corrected chi connectivity index (χ0v) is 8.59. The van der Waals surface area contributed by atoms with E-state index in [1.54, 1.807) is 0 Å². The van der Waals surface area contributed by atoms with Crippen LogP contribution in [0, 0.1) is 0 Å². The number of phosphoric acid groups is 1. The smallest absolute Gasteiger partial charge is 0.380 e. The summed E-state index contributed by atoms with van der Waals surface area (Å²) in [5.74, 6) is 0. The van der Waals surface area contributed by atoms with Crippen molar-refractivity contribution in [1.29, 1.82) is 0 Å². The van der Waals surface area contributed by atoms with E-state index in [0.717, 1.165) is 0 Å². The molecule has 0 amide bonds.